The molecule has 0 amide bonds. The summed E-state index contributed by atoms with van der Waals surface area (Å²) in [6, 6.07) is 53.7. The van der Waals surface area contributed by atoms with Crippen LogP contribution in [0.15, 0.2) is 168 Å². The Labute approximate surface area is 288 Å². The number of benzene rings is 6. The normalized spacial score (nSPS) is 15.4. The third-order valence-corrected chi connectivity index (χ3v) is 10.0. The minimum absolute atomic E-state index is 0.687. The smallest absolute Gasteiger partial charge is 0.0805 e. The summed E-state index contributed by atoms with van der Waals surface area (Å²) in [6.45, 7) is 0. The Kier molecular flexibility index (Phi) is 7.96. The molecular formula is C42H26Cl2N2S. The molecule has 2 nitrogen and oxygen atoms in total. The summed E-state index contributed by atoms with van der Waals surface area (Å²) in [5.41, 5.74) is 12.6. The SMILES string of the molecule is Clc1ccc(N=C2C(c3ccccc3)=C(SC3=C(c4ccccc4)C(=Nc4ccc(Cl)cc4)c4ccccc43)c3ccccc32)cc1. The van der Waals surface area contributed by atoms with Crippen LogP contribution < -0.4 is 0 Å². The highest BCUT2D eigenvalue weighted by Crippen LogP contribution is 2.55. The van der Waals surface area contributed by atoms with Crippen molar-refractivity contribution >= 4 is 78.7 Å². The number of hydrogen-bond donors (Lipinski definition) is 0. The summed E-state index contributed by atoms with van der Waals surface area (Å²) < 4.78 is 0. The van der Waals surface area contributed by atoms with Crippen molar-refractivity contribution in [1.82, 2.24) is 0 Å². The van der Waals surface area contributed by atoms with Gasteiger partial charge in [-0.15, -0.1) is 0 Å². The first-order chi connectivity index (χ1) is 23.1. The summed E-state index contributed by atoms with van der Waals surface area (Å²) in [6.07, 6.45) is 0. The molecule has 5 heteroatoms. The Bertz CT molecular complexity index is 2090. The zero-order valence-corrected chi connectivity index (χ0v) is 27.4. The van der Waals surface area contributed by atoms with E-state index in [-0.39, 0.29) is 0 Å². The fraction of sp³-hybridized carbons (Fsp3) is 0. The third-order valence-electron chi connectivity index (χ3n) is 8.25. The quantitative estimate of drug-likeness (QED) is 0.174. The molecule has 0 radical (unpaired) electrons. The molecule has 0 saturated carbocycles. The van der Waals surface area contributed by atoms with Gasteiger partial charge < -0.3 is 0 Å². The molecule has 2 aliphatic rings. The lowest BCUT2D eigenvalue weighted by molar-refractivity contribution is 1.50. The van der Waals surface area contributed by atoms with Gasteiger partial charge in [0.1, 0.15) is 0 Å². The van der Waals surface area contributed by atoms with Gasteiger partial charge in [-0.05, 0) is 70.8 Å². The lowest BCUT2D eigenvalue weighted by atomic mass is 10.0. The number of rotatable bonds is 6. The topological polar surface area (TPSA) is 24.7 Å². The third kappa shape index (κ3) is 5.68. The summed E-state index contributed by atoms with van der Waals surface area (Å²) in [5.74, 6) is 0. The Balaban J connectivity index is 1.40. The van der Waals surface area contributed by atoms with Crippen LogP contribution >= 0.6 is 35.0 Å². The maximum atomic E-state index is 6.25. The highest BCUT2D eigenvalue weighted by molar-refractivity contribution is 8.17. The number of allylic oxidation sites excluding steroid dienone is 2. The molecule has 2 aliphatic carbocycles. The van der Waals surface area contributed by atoms with Crippen LogP contribution in [-0.4, -0.2) is 11.4 Å². The maximum Gasteiger partial charge on any atom is 0.0805 e. The first kappa shape index (κ1) is 29.5. The molecule has 0 unspecified atom stereocenters. The van der Waals surface area contributed by atoms with Crippen molar-refractivity contribution in [3.05, 3.63) is 201 Å². The van der Waals surface area contributed by atoms with Gasteiger partial charge in [0.25, 0.3) is 0 Å². The van der Waals surface area contributed by atoms with Crippen molar-refractivity contribution in [3.63, 3.8) is 0 Å². The van der Waals surface area contributed by atoms with E-state index in [0.29, 0.717) is 10.0 Å². The Morgan fingerprint density at radius 1 is 0.362 bits per heavy atom. The number of aliphatic imine (C=N–C) groups is 2. The van der Waals surface area contributed by atoms with Gasteiger partial charge in [0.2, 0.25) is 0 Å². The van der Waals surface area contributed by atoms with Crippen molar-refractivity contribution < 1.29 is 0 Å². The van der Waals surface area contributed by atoms with Crippen LogP contribution in [0.5, 0.6) is 0 Å². The molecule has 47 heavy (non-hydrogen) atoms. The van der Waals surface area contributed by atoms with Crippen molar-refractivity contribution in [2.24, 2.45) is 9.98 Å². The van der Waals surface area contributed by atoms with Crippen LogP contribution in [0.3, 0.4) is 0 Å². The Morgan fingerprint density at radius 2 is 0.702 bits per heavy atom. The fourth-order valence-electron chi connectivity index (χ4n) is 6.11. The molecule has 0 saturated heterocycles. The molecule has 6 aromatic rings. The van der Waals surface area contributed by atoms with Crippen LogP contribution in [-0.2, 0) is 0 Å². The predicted octanol–water partition coefficient (Wildman–Crippen LogP) is 12.4. The van der Waals surface area contributed by atoms with E-state index in [2.05, 4.69) is 109 Å². The molecule has 0 fully saturated rings. The van der Waals surface area contributed by atoms with Gasteiger partial charge in [-0.25, -0.2) is 9.98 Å². The minimum atomic E-state index is 0.687. The number of thioether (sulfide) groups is 1. The summed E-state index contributed by atoms with van der Waals surface area (Å²) in [5, 5.41) is 1.37. The largest absolute Gasteiger partial charge is 0.248 e. The first-order valence-corrected chi connectivity index (χ1v) is 16.9. The number of halogens is 2. The standard InChI is InChI=1S/C42H26Cl2N2S/c43-29-19-23-31(24-20-29)45-39-33-15-7-9-17-35(33)41(37(39)27-11-3-1-4-12-27)47-42-36-18-10-8-16-34(36)40(38(42)28-13-5-2-6-14-28)46-32-25-21-30(44)22-26-32/h1-26H. The average molecular weight is 662 g/mol. The van der Waals surface area contributed by atoms with E-state index in [1.807, 2.05) is 48.5 Å². The van der Waals surface area contributed by atoms with E-state index in [1.54, 1.807) is 11.8 Å². The molecular weight excluding hydrogens is 635 g/mol. The van der Waals surface area contributed by atoms with Gasteiger partial charge in [0.05, 0.1) is 22.8 Å². The fourth-order valence-corrected chi connectivity index (χ4v) is 7.78. The molecule has 224 valence electrons. The van der Waals surface area contributed by atoms with Crippen LogP contribution in [0.1, 0.15) is 33.4 Å². The van der Waals surface area contributed by atoms with E-state index < -0.39 is 0 Å². The lowest BCUT2D eigenvalue weighted by Gasteiger charge is -2.13. The van der Waals surface area contributed by atoms with E-state index in [1.165, 1.54) is 0 Å². The first-order valence-electron chi connectivity index (χ1n) is 15.3. The summed E-state index contributed by atoms with van der Waals surface area (Å²) in [7, 11) is 0. The lowest BCUT2D eigenvalue weighted by Crippen LogP contribution is -2.00. The van der Waals surface area contributed by atoms with Crippen LogP contribution in [0.25, 0.3) is 21.0 Å². The number of nitrogens with zero attached hydrogens (tertiary/aromatic N) is 2. The minimum Gasteiger partial charge on any atom is -0.248 e. The molecule has 0 aromatic heterocycles. The van der Waals surface area contributed by atoms with E-state index in [9.17, 15) is 0 Å². The second kappa shape index (κ2) is 12.7. The van der Waals surface area contributed by atoms with Gasteiger partial charge in [0.15, 0.2) is 0 Å². The summed E-state index contributed by atoms with van der Waals surface area (Å²) >= 11 is 14.3. The molecule has 8 rings (SSSR count). The zero-order chi connectivity index (χ0) is 31.7. The summed E-state index contributed by atoms with van der Waals surface area (Å²) in [4.78, 5) is 12.8. The number of fused-ring (bicyclic) bond motifs is 2. The van der Waals surface area contributed by atoms with E-state index >= 15 is 0 Å². The maximum absolute atomic E-state index is 6.25. The second-order valence-corrected chi connectivity index (χ2v) is 13.1. The monoisotopic (exact) mass is 660 g/mol. The number of hydrogen-bond acceptors (Lipinski definition) is 3. The second-order valence-electron chi connectivity index (χ2n) is 11.2. The zero-order valence-electron chi connectivity index (χ0n) is 25.1. The van der Waals surface area contributed by atoms with Crippen LogP contribution in [0.4, 0.5) is 11.4 Å². The molecule has 6 aromatic carbocycles. The van der Waals surface area contributed by atoms with Gasteiger partial charge >= 0.3 is 0 Å². The van der Waals surface area contributed by atoms with Crippen molar-refractivity contribution in [3.8, 4) is 0 Å². The Hall–Kier alpha value is -4.93. The molecule has 0 bridgehead atoms. The van der Waals surface area contributed by atoms with Gasteiger partial charge in [-0.2, -0.15) is 0 Å². The highest BCUT2D eigenvalue weighted by Gasteiger charge is 2.35. The average Bonchev–Trinajstić information content (AvgIpc) is 3.59. The van der Waals surface area contributed by atoms with Gasteiger partial charge in [-0.3, -0.25) is 0 Å². The van der Waals surface area contributed by atoms with Crippen LogP contribution in [0, 0.1) is 0 Å². The molecule has 0 atom stereocenters. The van der Waals surface area contributed by atoms with Crippen molar-refractivity contribution in [1.29, 1.82) is 0 Å². The van der Waals surface area contributed by atoms with E-state index in [4.69, 9.17) is 33.2 Å². The highest BCUT2D eigenvalue weighted by atomic mass is 35.5. The molecule has 0 heterocycles. The molecule has 0 aliphatic heterocycles. The van der Waals surface area contributed by atoms with Gasteiger partial charge in [0, 0.05) is 42.1 Å². The van der Waals surface area contributed by atoms with Crippen LogP contribution in [0.2, 0.25) is 10.0 Å². The predicted molar refractivity (Wildman–Crippen MR) is 202 cm³/mol. The van der Waals surface area contributed by atoms with E-state index in [0.717, 1.165) is 77.1 Å². The van der Waals surface area contributed by atoms with Gasteiger partial charge in [-0.1, -0.05) is 144 Å². The molecule has 0 N–H and O–H groups in total. The van der Waals surface area contributed by atoms with Crippen molar-refractivity contribution in [2.75, 3.05) is 0 Å². The molecule has 0 spiro atoms. The van der Waals surface area contributed by atoms with Crippen molar-refractivity contribution in [2.45, 2.75) is 0 Å². The Morgan fingerprint density at radius 3 is 1.09 bits per heavy atom.